The molecule has 0 radical (unpaired) electrons. The minimum absolute atomic E-state index is 0.133. The first-order chi connectivity index (χ1) is 15.1. The first kappa shape index (κ1) is 23.9. The molecule has 0 aliphatic rings. The van der Waals surface area contributed by atoms with E-state index in [0.717, 1.165) is 16.7 Å². The summed E-state index contributed by atoms with van der Waals surface area (Å²) in [6.45, 7) is 7.61. The predicted molar refractivity (Wildman–Crippen MR) is 122 cm³/mol. The second kappa shape index (κ2) is 12.4. The molecule has 0 unspecified atom stereocenters. The molecule has 5 heteroatoms. The Hall–Kier alpha value is -3.36. The van der Waals surface area contributed by atoms with E-state index < -0.39 is 17.5 Å². The summed E-state index contributed by atoms with van der Waals surface area (Å²) in [7, 11) is 0. The van der Waals surface area contributed by atoms with Crippen LogP contribution in [0.4, 0.5) is 0 Å². The molecule has 0 aliphatic heterocycles. The van der Waals surface area contributed by atoms with Crippen LogP contribution in [0.2, 0.25) is 0 Å². The van der Waals surface area contributed by atoms with Gasteiger partial charge >= 0.3 is 11.9 Å². The van der Waals surface area contributed by atoms with Crippen molar-refractivity contribution in [2.45, 2.75) is 32.2 Å². The number of carbonyl (C=O) groups is 2. The summed E-state index contributed by atoms with van der Waals surface area (Å²) in [5, 5.41) is 2.94. The normalized spacial score (nSPS) is 10.5. The fraction of sp³-hybridized carbons (Fsp3) is 0.308. The van der Waals surface area contributed by atoms with Gasteiger partial charge in [0.25, 0.3) is 0 Å². The van der Waals surface area contributed by atoms with Crippen molar-refractivity contribution in [3.8, 4) is 23.0 Å². The van der Waals surface area contributed by atoms with E-state index in [9.17, 15) is 9.59 Å². The third-order valence-electron chi connectivity index (χ3n) is 4.65. The van der Waals surface area contributed by atoms with Gasteiger partial charge in [-0.15, -0.1) is 6.58 Å². The van der Waals surface area contributed by atoms with Gasteiger partial charge in [0.05, 0.1) is 13.2 Å². The zero-order chi connectivity index (χ0) is 22.5. The molecule has 0 fully saturated rings. The number of nitrogens with one attached hydrogen (secondary N) is 1. The van der Waals surface area contributed by atoms with Gasteiger partial charge in [-0.2, -0.15) is 0 Å². The van der Waals surface area contributed by atoms with Crippen LogP contribution in [0.15, 0.2) is 67.3 Å². The standard InChI is InChI=1S/C26H29NO4/c1-4-20-27-26(24(28)30-5-2,25(29)31-6-3)19-11-10-12-21-15-17-23(18-16-21)22-13-8-7-9-14-22/h4,7-9,13-18,27H,1,5-6,11,19-20H2,2-3H3. The molecule has 0 saturated carbocycles. The maximum atomic E-state index is 12.7. The lowest BCUT2D eigenvalue weighted by molar-refractivity contribution is -0.166. The summed E-state index contributed by atoms with van der Waals surface area (Å²) in [4.78, 5) is 25.3. The number of ether oxygens (including phenoxy) is 2. The Kier molecular flexibility index (Phi) is 9.54. The molecule has 2 aromatic rings. The van der Waals surface area contributed by atoms with Crippen LogP contribution in [0.3, 0.4) is 0 Å². The molecule has 31 heavy (non-hydrogen) atoms. The minimum atomic E-state index is -1.61. The smallest absolute Gasteiger partial charge is 0.338 e. The van der Waals surface area contributed by atoms with Gasteiger partial charge in [0, 0.05) is 18.5 Å². The highest BCUT2D eigenvalue weighted by molar-refractivity contribution is 6.05. The summed E-state index contributed by atoms with van der Waals surface area (Å²) >= 11 is 0. The summed E-state index contributed by atoms with van der Waals surface area (Å²) in [5.41, 5.74) is 1.51. The Morgan fingerprint density at radius 2 is 1.55 bits per heavy atom. The van der Waals surface area contributed by atoms with Crippen LogP contribution >= 0.6 is 0 Å². The van der Waals surface area contributed by atoms with Crippen molar-refractivity contribution in [1.82, 2.24) is 5.32 Å². The van der Waals surface area contributed by atoms with Crippen molar-refractivity contribution in [2.75, 3.05) is 19.8 Å². The van der Waals surface area contributed by atoms with Gasteiger partial charge in [0.15, 0.2) is 0 Å². The largest absolute Gasteiger partial charge is 0.464 e. The number of esters is 2. The number of hydrogen-bond donors (Lipinski definition) is 1. The molecule has 0 amide bonds. The topological polar surface area (TPSA) is 64.6 Å². The molecule has 1 N–H and O–H groups in total. The lowest BCUT2D eigenvalue weighted by Gasteiger charge is -2.29. The number of rotatable bonds is 10. The van der Waals surface area contributed by atoms with Gasteiger partial charge in [-0.3, -0.25) is 5.32 Å². The van der Waals surface area contributed by atoms with Crippen LogP contribution in [0.25, 0.3) is 11.1 Å². The maximum absolute atomic E-state index is 12.7. The van der Waals surface area contributed by atoms with Gasteiger partial charge in [0.2, 0.25) is 5.54 Å². The number of carbonyl (C=O) groups excluding carboxylic acids is 2. The van der Waals surface area contributed by atoms with Crippen LogP contribution in [-0.2, 0) is 19.1 Å². The highest BCUT2D eigenvalue weighted by Gasteiger charge is 2.47. The molecular weight excluding hydrogens is 390 g/mol. The number of benzene rings is 2. The molecule has 5 nitrogen and oxygen atoms in total. The molecule has 162 valence electrons. The molecule has 2 aromatic carbocycles. The lowest BCUT2D eigenvalue weighted by atomic mass is 9.93. The third kappa shape index (κ3) is 6.56. The van der Waals surface area contributed by atoms with E-state index in [-0.39, 0.29) is 26.2 Å². The van der Waals surface area contributed by atoms with Crippen molar-refractivity contribution >= 4 is 11.9 Å². The van der Waals surface area contributed by atoms with Crippen LogP contribution in [-0.4, -0.2) is 37.2 Å². The van der Waals surface area contributed by atoms with Crippen molar-refractivity contribution in [2.24, 2.45) is 0 Å². The van der Waals surface area contributed by atoms with E-state index in [2.05, 4.69) is 35.9 Å². The molecular formula is C26H29NO4. The maximum Gasteiger partial charge on any atom is 0.338 e. The summed E-state index contributed by atoms with van der Waals surface area (Å²) in [6, 6.07) is 18.1. The van der Waals surface area contributed by atoms with E-state index in [1.807, 2.05) is 42.5 Å². The lowest BCUT2D eigenvalue weighted by Crippen LogP contribution is -2.59. The van der Waals surface area contributed by atoms with Crippen molar-refractivity contribution in [3.05, 3.63) is 72.8 Å². The van der Waals surface area contributed by atoms with Crippen LogP contribution in [0, 0.1) is 11.8 Å². The minimum Gasteiger partial charge on any atom is -0.464 e. The van der Waals surface area contributed by atoms with Gasteiger partial charge < -0.3 is 9.47 Å². The first-order valence-corrected chi connectivity index (χ1v) is 10.4. The third-order valence-corrected chi connectivity index (χ3v) is 4.65. The van der Waals surface area contributed by atoms with Crippen molar-refractivity contribution in [3.63, 3.8) is 0 Å². The van der Waals surface area contributed by atoms with Crippen LogP contribution in [0.1, 0.15) is 32.3 Å². The van der Waals surface area contributed by atoms with Gasteiger partial charge in [-0.25, -0.2) is 9.59 Å². The van der Waals surface area contributed by atoms with Crippen molar-refractivity contribution in [1.29, 1.82) is 0 Å². The summed E-state index contributed by atoms with van der Waals surface area (Å²) in [6.07, 6.45) is 2.02. The van der Waals surface area contributed by atoms with Gasteiger partial charge in [0.1, 0.15) is 0 Å². The molecule has 0 aliphatic carbocycles. The summed E-state index contributed by atoms with van der Waals surface area (Å²) in [5.74, 6) is 4.82. The quantitative estimate of drug-likeness (QED) is 0.272. The Balaban J connectivity index is 2.14. The van der Waals surface area contributed by atoms with Gasteiger partial charge in [-0.1, -0.05) is 60.4 Å². The molecule has 0 saturated heterocycles. The first-order valence-electron chi connectivity index (χ1n) is 10.4. The van der Waals surface area contributed by atoms with E-state index in [4.69, 9.17) is 9.47 Å². The Bertz CT molecular complexity index is 905. The average molecular weight is 420 g/mol. The Labute approximate surface area is 184 Å². The molecule has 0 aromatic heterocycles. The number of hydrogen-bond acceptors (Lipinski definition) is 5. The highest BCUT2D eigenvalue weighted by Crippen LogP contribution is 2.20. The van der Waals surface area contributed by atoms with Gasteiger partial charge in [-0.05, 0) is 43.5 Å². The van der Waals surface area contributed by atoms with E-state index in [0.29, 0.717) is 6.42 Å². The van der Waals surface area contributed by atoms with E-state index >= 15 is 0 Å². The SMILES string of the molecule is C=CCNC(CCC#Cc1ccc(-c2ccccc2)cc1)(C(=O)OCC)C(=O)OCC. The molecule has 2 rings (SSSR count). The average Bonchev–Trinajstić information content (AvgIpc) is 2.80. The van der Waals surface area contributed by atoms with Crippen LogP contribution in [0.5, 0.6) is 0 Å². The van der Waals surface area contributed by atoms with E-state index in [1.165, 1.54) is 0 Å². The second-order valence-electron chi connectivity index (χ2n) is 6.76. The van der Waals surface area contributed by atoms with E-state index in [1.54, 1.807) is 19.9 Å². The fourth-order valence-electron chi connectivity index (χ4n) is 3.07. The second-order valence-corrected chi connectivity index (χ2v) is 6.76. The zero-order valence-electron chi connectivity index (χ0n) is 18.1. The Morgan fingerprint density at radius 3 is 2.10 bits per heavy atom. The fourth-order valence-corrected chi connectivity index (χ4v) is 3.07. The monoisotopic (exact) mass is 419 g/mol. The van der Waals surface area contributed by atoms with Crippen LogP contribution < -0.4 is 5.32 Å². The molecule has 0 heterocycles. The predicted octanol–water partition coefficient (Wildman–Crippen LogP) is 4.13. The Morgan fingerprint density at radius 1 is 0.968 bits per heavy atom. The molecule has 0 bridgehead atoms. The molecule has 0 spiro atoms. The summed E-state index contributed by atoms with van der Waals surface area (Å²) < 4.78 is 10.3. The molecule has 0 atom stereocenters. The highest BCUT2D eigenvalue weighted by atomic mass is 16.6. The zero-order valence-corrected chi connectivity index (χ0v) is 18.1. The van der Waals surface area contributed by atoms with Crippen molar-refractivity contribution < 1.29 is 19.1 Å².